The van der Waals surface area contributed by atoms with Gasteiger partial charge in [0, 0.05) is 11.7 Å². The van der Waals surface area contributed by atoms with Gasteiger partial charge in [0.05, 0.1) is 0 Å². The summed E-state index contributed by atoms with van der Waals surface area (Å²) in [5.74, 6) is 1.77. The molecular formula is C17H25FN2S. The molecule has 0 spiro atoms. The number of hydrogen-bond donors (Lipinski definition) is 2. The predicted molar refractivity (Wildman–Crippen MR) is 90.9 cm³/mol. The van der Waals surface area contributed by atoms with Gasteiger partial charge in [-0.3, -0.25) is 0 Å². The molecule has 2 rings (SSSR count). The van der Waals surface area contributed by atoms with Crippen molar-refractivity contribution in [3.05, 3.63) is 30.1 Å². The Hall–Kier alpha value is -1.16. The number of nitrogens with one attached hydrogen (secondary N) is 2. The zero-order valence-corrected chi connectivity index (χ0v) is 13.8. The van der Waals surface area contributed by atoms with Crippen molar-refractivity contribution < 1.29 is 4.39 Å². The monoisotopic (exact) mass is 308 g/mol. The van der Waals surface area contributed by atoms with Crippen LogP contribution in [0.15, 0.2) is 24.3 Å². The standard InChI is InChI=1S/C17H25FN2S/c1-11(2)15-8-7-12(3)9-16(15)20-17(21)19-14-6-4-5-13(18)10-14/h4-6,10-12,15-16H,7-9H2,1-3H3,(H2,19,20,21)/t12-,15+,16+/m0/s1. The summed E-state index contributed by atoms with van der Waals surface area (Å²) in [6.07, 6.45) is 3.69. The first-order valence-electron chi connectivity index (χ1n) is 7.78. The Balaban J connectivity index is 1.96. The summed E-state index contributed by atoms with van der Waals surface area (Å²) in [6, 6.07) is 6.79. The molecule has 0 bridgehead atoms. The van der Waals surface area contributed by atoms with Gasteiger partial charge in [-0.2, -0.15) is 0 Å². The molecule has 0 radical (unpaired) electrons. The van der Waals surface area contributed by atoms with E-state index < -0.39 is 0 Å². The Kier molecular flexibility index (Phi) is 5.57. The second-order valence-electron chi connectivity index (χ2n) is 6.54. The van der Waals surface area contributed by atoms with Crippen LogP contribution < -0.4 is 10.6 Å². The highest BCUT2D eigenvalue weighted by atomic mass is 32.1. The molecule has 1 aromatic carbocycles. The van der Waals surface area contributed by atoms with Crippen molar-refractivity contribution in [2.24, 2.45) is 17.8 Å². The molecule has 1 aliphatic rings. The molecule has 4 heteroatoms. The van der Waals surface area contributed by atoms with Crippen LogP contribution in [0.4, 0.5) is 10.1 Å². The quantitative estimate of drug-likeness (QED) is 0.800. The summed E-state index contributed by atoms with van der Waals surface area (Å²) >= 11 is 5.39. The molecular weight excluding hydrogens is 283 g/mol. The summed E-state index contributed by atoms with van der Waals surface area (Å²) in [5, 5.41) is 7.12. The van der Waals surface area contributed by atoms with Crippen LogP contribution in [-0.4, -0.2) is 11.2 Å². The molecule has 116 valence electrons. The maximum absolute atomic E-state index is 13.2. The number of thiocarbonyl (C=S) groups is 1. The fraction of sp³-hybridized carbons (Fsp3) is 0.588. The molecule has 1 aliphatic carbocycles. The maximum Gasteiger partial charge on any atom is 0.171 e. The van der Waals surface area contributed by atoms with Gasteiger partial charge in [-0.1, -0.05) is 33.3 Å². The molecule has 0 saturated heterocycles. The van der Waals surface area contributed by atoms with Crippen molar-refractivity contribution in [1.82, 2.24) is 5.32 Å². The first-order chi connectivity index (χ1) is 9.95. The lowest BCUT2D eigenvalue weighted by Crippen LogP contribution is -2.47. The van der Waals surface area contributed by atoms with Crippen molar-refractivity contribution >= 4 is 23.0 Å². The van der Waals surface area contributed by atoms with E-state index in [0.717, 1.165) is 12.3 Å². The van der Waals surface area contributed by atoms with Crippen molar-refractivity contribution in [3.8, 4) is 0 Å². The largest absolute Gasteiger partial charge is 0.359 e. The van der Waals surface area contributed by atoms with E-state index in [4.69, 9.17) is 12.2 Å². The van der Waals surface area contributed by atoms with Crippen LogP contribution in [0.5, 0.6) is 0 Å². The molecule has 2 N–H and O–H groups in total. The highest BCUT2D eigenvalue weighted by Gasteiger charge is 2.30. The van der Waals surface area contributed by atoms with E-state index in [2.05, 4.69) is 31.4 Å². The average Bonchev–Trinajstić information content (AvgIpc) is 2.38. The van der Waals surface area contributed by atoms with Crippen molar-refractivity contribution in [3.63, 3.8) is 0 Å². The van der Waals surface area contributed by atoms with Crippen LogP contribution in [0.3, 0.4) is 0 Å². The number of benzene rings is 1. The summed E-state index contributed by atoms with van der Waals surface area (Å²) in [4.78, 5) is 0. The van der Waals surface area contributed by atoms with Gasteiger partial charge >= 0.3 is 0 Å². The molecule has 0 aliphatic heterocycles. The van der Waals surface area contributed by atoms with Gasteiger partial charge < -0.3 is 10.6 Å². The van der Waals surface area contributed by atoms with Gasteiger partial charge in [-0.05, 0) is 61.0 Å². The van der Waals surface area contributed by atoms with Crippen LogP contribution in [0, 0.1) is 23.6 Å². The molecule has 3 atom stereocenters. The SMILES string of the molecule is CC(C)[C@H]1CC[C@H](C)C[C@H]1NC(=S)Nc1cccc(F)c1. The third-order valence-electron chi connectivity index (χ3n) is 4.42. The topological polar surface area (TPSA) is 24.1 Å². The second kappa shape index (κ2) is 7.21. The van der Waals surface area contributed by atoms with Crippen LogP contribution >= 0.6 is 12.2 Å². The van der Waals surface area contributed by atoms with E-state index >= 15 is 0 Å². The van der Waals surface area contributed by atoms with E-state index in [0.29, 0.717) is 28.7 Å². The van der Waals surface area contributed by atoms with Gasteiger partial charge in [0.25, 0.3) is 0 Å². The molecule has 1 aromatic rings. The molecule has 0 amide bonds. The van der Waals surface area contributed by atoms with E-state index in [-0.39, 0.29) is 5.82 Å². The summed E-state index contributed by atoms with van der Waals surface area (Å²) in [5.41, 5.74) is 0.692. The van der Waals surface area contributed by atoms with Crippen LogP contribution in [-0.2, 0) is 0 Å². The summed E-state index contributed by atoms with van der Waals surface area (Å²) < 4.78 is 13.2. The minimum absolute atomic E-state index is 0.255. The zero-order valence-electron chi connectivity index (χ0n) is 13.0. The minimum Gasteiger partial charge on any atom is -0.359 e. The lowest BCUT2D eigenvalue weighted by molar-refractivity contribution is 0.186. The van der Waals surface area contributed by atoms with Crippen molar-refractivity contribution in [2.75, 3.05) is 5.32 Å². The van der Waals surface area contributed by atoms with Gasteiger partial charge in [-0.15, -0.1) is 0 Å². The first-order valence-corrected chi connectivity index (χ1v) is 8.19. The predicted octanol–water partition coefficient (Wildman–Crippen LogP) is 4.57. The second-order valence-corrected chi connectivity index (χ2v) is 6.95. The highest BCUT2D eigenvalue weighted by Crippen LogP contribution is 2.33. The van der Waals surface area contributed by atoms with Crippen LogP contribution in [0.25, 0.3) is 0 Å². The summed E-state index contributed by atoms with van der Waals surface area (Å²) in [6.45, 7) is 6.85. The van der Waals surface area contributed by atoms with Gasteiger partial charge in [0.15, 0.2) is 5.11 Å². The molecule has 2 nitrogen and oxygen atoms in total. The maximum atomic E-state index is 13.2. The minimum atomic E-state index is -0.255. The van der Waals surface area contributed by atoms with Crippen molar-refractivity contribution in [2.45, 2.75) is 46.1 Å². The lowest BCUT2D eigenvalue weighted by atomic mass is 9.74. The molecule has 1 fully saturated rings. The van der Waals surface area contributed by atoms with Gasteiger partial charge in [0.1, 0.15) is 5.82 Å². The highest BCUT2D eigenvalue weighted by molar-refractivity contribution is 7.80. The molecule has 0 unspecified atom stereocenters. The van der Waals surface area contributed by atoms with Gasteiger partial charge in [-0.25, -0.2) is 4.39 Å². The molecule has 1 saturated carbocycles. The van der Waals surface area contributed by atoms with E-state index in [1.165, 1.54) is 25.0 Å². The number of rotatable bonds is 3. The lowest BCUT2D eigenvalue weighted by Gasteiger charge is -2.38. The Labute approximate surface area is 132 Å². The van der Waals surface area contributed by atoms with Crippen LogP contribution in [0.1, 0.15) is 40.0 Å². The zero-order chi connectivity index (χ0) is 15.4. The first kappa shape index (κ1) is 16.2. The third-order valence-corrected chi connectivity index (χ3v) is 4.64. The van der Waals surface area contributed by atoms with E-state index in [1.54, 1.807) is 6.07 Å². The smallest absolute Gasteiger partial charge is 0.171 e. The van der Waals surface area contributed by atoms with Crippen LogP contribution in [0.2, 0.25) is 0 Å². The Morgan fingerprint density at radius 3 is 2.76 bits per heavy atom. The molecule has 0 heterocycles. The fourth-order valence-corrected chi connectivity index (χ4v) is 3.54. The number of anilines is 1. The molecule has 21 heavy (non-hydrogen) atoms. The van der Waals surface area contributed by atoms with E-state index in [9.17, 15) is 4.39 Å². The normalized spacial score (nSPS) is 25.7. The number of hydrogen-bond acceptors (Lipinski definition) is 1. The summed E-state index contributed by atoms with van der Waals surface area (Å²) in [7, 11) is 0. The van der Waals surface area contributed by atoms with Crippen molar-refractivity contribution in [1.29, 1.82) is 0 Å². The Morgan fingerprint density at radius 2 is 2.10 bits per heavy atom. The third kappa shape index (κ3) is 4.67. The van der Waals surface area contributed by atoms with E-state index in [1.807, 2.05) is 6.07 Å². The van der Waals surface area contributed by atoms with Gasteiger partial charge in [0.2, 0.25) is 0 Å². The average molecular weight is 308 g/mol. The molecule has 0 aromatic heterocycles. The Morgan fingerprint density at radius 1 is 1.33 bits per heavy atom. The fourth-order valence-electron chi connectivity index (χ4n) is 3.27. The Bertz CT molecular complexity index is 489. The number of halogens is 1.